The Morgan fingerprint density at radius 2 is 1.31 bits per heavy atom. The molecule has 6 aromatic rings. The molecule has 3 fully saturated rings. The van der Waals surface area contributed by atoms with Gasteiger partial charge >= 0.3 is 29.8 Å². The minimum atomic E-state index is -6.77. The van der Waals surface area contributed by atoms with Crippen molar-refractivity contribution in [1.82, 2.24) is 19.8 Å². The van der Waals surface area contributed by atoms with Gasteiger partial charge in [-0.25, -0.2) is 4.79 Å². The van der Waals surface area contributed by atoms with Crippen LogP contribution in [0.4, 0.5) is 39.5 Å². The van der Waals surface area contributed by atoms with Crippen LogP contribution in [0.3, 0.4) is 0 Å². The number of aromatic nitrogens is 2. The number of aromatic amines is 1. The maximum absolute atomic E-state index is 13.6. The van der Waals surface area contributed by atoms with Crippen LogP contribution in [0.5, 0.6) is 17.2 Å². The highest BCUT2D eigenvalue weighted by Gasteiger charge is 2.85. The van der Waals surface area contributed by atoms with Crippen molar-refractivity contribution in [1.29, 1.82) is 0 Å². The molecule has 0 radical (unpaired) electrons. The summed E-state index contributed by atoms with van der Waals surface area (Å²) >= 11 is 0. The van der Waals surface area contributed by atoms with E-state index in [1.165, 1.54) is 33.8 Å². The standard InChI is InChI=1S/C78H95F9N4O12S2/c1-73(2,39-43-98-58-31-33-59-54(47-58)25-32-61-60(59)37-38-74(3)62(61)34-35-64(74)99-44-41-90(4)42-45-100-75(76(79,80)81,77(82,83)84)78(85,86)87)105-104-46-16-8-7-15-40-88-65(93)36-26-55-49-91(72(95)89-70(55)94)66-48-63(92)69(101-66)71(102-67(50-17-11-9-12-18-50)52-21-27-56(96-5)28-22-52)103-68(51-19-13-10-14-20-51)53-23-29-57(97-6)30-24-53/h9-14,17-24,27-31,33,47,49,60-64,66-69,71,92H,7-8,15-16,25-26,32,34-46,48H2,1-6H3,(H,88,93)(H,89,94,95)/t60?,61?,62-,63-,64-,66+,67?,68?,69+,71?,74-/m0/s1. The highest BCUT2D eigenvalue weighted by Crippen LogP contribution is 2.62. The maximum atomic E-state index is 13.6. The molecular formula is C78H95F9N4O12S2. The van der Waals surface area contributed by atoms with Gasteiger partial charge in [-0.05, 0) is 178 Å². The number of hydrogen-bond acceptors (Lipinski definition) is 15. The number of rotatable bonds is 36. The number of aliphatic hydroxyl groups is 1. The van der Waals surface area contributed by atoms with Gasteiger partial charge in [0.15, 0.2) is 6.29 Å². The molecule has 3 aliphatic carbocycles. The van der Waals surface area contributed by atoms with Crippen molar-refractivity contribution in [3.8, 4) is 17.2 Å². The number of likely N-dealkylation sites (N-methyl/N-ethyl adjacent to an activating group) is 1. The smallest absolute Gasteiger partial charge is 0.435 e. The maximum Gasteiger partial charge on any atom is 0.435 e. The summed E-state index contributed by atoms with van der Waals surface area (Å²) < 4.78 is 169. The number of nitrogens with zero attached hydrogens (tertiary/aromatic N) is 2. The topological polar surface area (TPSA) is 181 Å². The second-order valence-corrected chi connectivity index (χ2v) is 31.7. The summed E-state index contributed by atoms with van der Waals surface area (Å²) in [5.41, 5.74) is -1.81. The largest absolute Gasteiger partial charge is 0.497 e. The third-order valence-corrected chi connectivity index (χ3v) is 24.5. The zero-order chi connectivity index (χ0) is 75.3. The third kappa shape index (κ3) is 19.9. The number of fused-ring (bicyclic) bond motifs is 5. The highest BCUT2D eigenvalue weighted by atomic mass is 33.1. The molecule has 10 atom stereocenters. The number of ether oxygens (including phenoxy) is 8. The Kier molecular flexibility index (Phi) is 27.5. The lowest BCUT2D eigenvalue weighted by Gasteiger charge is -2.50. The van der Waals surface area contributed by atoms with E-state index in [1.807, 2.05) is 131 Å². The van der Waals surface area contributed by atoms with E-state index in [2.05, 4.69) is 54.0 Å². The molecule has 1 amide bonds. The van der Waals surface area contributed by atoms with Crippen molar-refractivity contribution in [2.75, 3.05) is 66.5 Å². The zero-order valence-electron chi connectivity index (χ0n) is 59.9. The number of alkyl halides is 9. The van der Waals surface area contributed by atoms with Gasteiger partial charge in [-0.2, -0.15) is 39.5 Å². The summed E-state index contributed by atoms with van der Waals surface area (Å²) in [5.74, 6) is 4.09. The molecule has 3 N–H and O–H groups in total. The van der Waals surface area contributed by atoms with Crippen LogP contribution in [0.15, 0.2) is 143 Å². The van der Waals surface area contributed by atoms with E-state index < -0.39 is 85.5 Å². The molecule has 27 heteroatoms. The fourth-order valence-electron chi connectivity index (χ4n) is 15.3. The van der Waals surface area contributed by atoms with E-state index in [-0.39, 0.29) is 60.2 Å². The van der Waals surface area contributed by atoms with Crippen LogP contribution in [-0.4, -0.2) is 145 Å². The molecule has 10 rings (SSSR count). The number of nitrogens with one attached hydrogen (secondary N) is 2. The van der Waals surface area contributed by atoms with Gasteiger partial charge in [-0.15, -0.1) is 0 Å². The molecule has 2 heterocycles. The first kappa shape index (κ1) is 81.0. The Morgan fingerprint density at radius 1 is 0.733 bits per heavy atom. The van der Waals surface area contributed by atoms with Gasteiger partial charge in [-0.1, -0.05) is 132 Å². The molecule has 16 nitrogen and oxygen atoms in total. The summed E-state index contributed by atoms with van der Waals surface area (Å²) in [4.78, 5) is 43.8. The van der Waals surface area contributed by atoms with Crippen molar-refractivity contribution in [2.45, 2.75) is 188 Å². The van der Waals surface area contributed by atoms with Crippen LogP contribution in [0.1, 0.15) is 161 Å². The monoisotopic (exact) mass is 1510 g/mol. The van der Waals surface area contributed by atoms with Gasteiger partial charge in [0.25, 0.3) is 5.56 Å². The summed E-state index contributed by atoms with van der Waals surface area (Å²) in [6.45, 7) is 5.80. The summed E-state index contributed by atoms with van der Waals surface area (Å²) in [5, 5.41) is 15.0. The normalized spacial score (nSPS) is 22.2. The van der Waals surface area contributed by atoms with Gasteiger partial charge < -0.3 is 53.2 Å². The van der Waals surface area contributed by atoms with E-state index in [4.69, 9.17) is 33.2 Å². The number of methoxy groups -OCH3 is 2. The molecular weight excluding hydrogens is 1420 g/mol. The molecule has 2 saturated carbocycles. The molecule has 574 valence electrons. The first-order chi connectivity index (χ1) is 50.0. The number of benzene rings is 5. The molecule has 1 aliphatic heterocycles. The number of hydrogen-bond donors (Lipinski definition) is 3. The van der Waals surface area contributed by atoms with Crippen molar-refractivity contribution in [2.24, 2.45) is 17.3 Å². The fourth-order valence-corrected chi connectivity index (χ4v) is 18.0. The second-order valence-electron chi connectivity index (χ2n) is 28.6. The van der Waals surface area contributed by atoms with Crippen LogP contribution in [-0.2, 0) is 41.3 Å². The molecule has 4 aliphatic rings. The van der Waals surface area contributed by atoms with E-state index >= 15 is 0 Å². The quantitative estimate of drug-likeness (QED) is 0.0146. The van der Waals surface area contributed by atoms with Gasteiger partial charge in [0, 0.05) is 54.7 Å². The molecule has 1 aromatic heterocycles. The van der Waals surface area contributed by atoms with Crippen LogP contribution in [0, 0.1) is 17.3 Å². The van der Waals surface area contributed by atoms with E-state index in [9.17, 15) is 59.0 Å². The minimum absolute atomic E-state index is 0.00267. The van der Waals surface area contributed by atoms with Gasteiger partial charge in [0.2, 0.25) is 5.91 Å². The van der Waals surface area contributed by atoms with Crippen molar-refractivity contribution >= 4 is 27.5 Å². The predicted molar refractivity (Wildman–Crippen MR) is 384 cm³/mol. The van der Waals surface area contributed by atoms with Crippen LogP contribution in [0.25, 0.3) is 0 Å². The number of halogens is 9. The summed E-state index contributed by atoms with van der Waals surface area (Å²) in [6, 6.07) is 40.6. The Morgan fingerprint density at radius 3 is 1.91 bits per heavy atom. The average Bonchev–Trinajstić information content (AvgIpc) is 0.912. The third-order valence-electron chi connectivity index (χ3n) is 21.1. The van der Waals surface area contributed by atoms with E-state index in [0.29, 0.717) is 42.4 Å². The van der Waals surface area contributed by atoms with Crippen LogP contribution < -0.4 is 30.8 Å². The minimum Gasteiger partial charge on any atom is -0.497 e. The van der Waals surface area contributed by atoms with Crippen molar-refractivity contribution in [3.05, 3.63) is 193 Å². The number of carbonyl (C=O) groups excluding carboxylic acids is 1. The summed E-state index contributed by atoms with van der Waals surface area (Å²) in [6.07, 6.45) is -15.1. The average molecular weight is 1520 g/mol. The highest BCUT2D eigenvalue weighted by molar-refractivity contribution is 8.77. The Labute approximate surface area is 614 Å². The van der Waals surface area contributed by atoms with Crippen molar-refractivity contribution in [3.63, 3.8) is 0 Å². The SMILES string of the molecule is COc1ccc(C(OC(OC(c2ccccc2)c2ccc(OC)cc2)[C@@H]2O[C@@H](n3cc(CCC(=O)NCCCCCCSSC(C)(C)CCOc4ccc5c(c4)CCC4C5CC[C@]5(C)[C@@H](OCCN(C)CCOC(C(F)(F)F)(C(F)(F)F)C(F)(F)F)CC[C@@H]45)c(=O)[nH]c3=O)C[C@@H]2O)c2ccccc2)cc1. The van der Waals surface area contributed by atoms with Gasteiger partial charge in [0.05, 0.1) is 46.2 Å². The lowest BCUT2D eigenvalue weighted by atomic mass is 9.55. The van der Waals surface area contributed by atoms with Crippen LogP contribution in [0.2, 0.25) is 0 Å². The Balaban J connectivity index is 0.631. The Bertz CT molecular complexity index is 3740. The van der Waals surface area contributed by atoms with Gasteiger partial charge in [0.1, 0.15) is 41.8 Å². The van der Waals surface area contributed by atoms with E-state index in [1.54, 1.807) is 14.2 Å². The first-order valence-corrected chi connectivity index (χ1v) is 38.2. The molecule has 0 bridgehead atoms. The Hall–Kier alpha value is -6.56. The molecule has 4 unspecified atom stereocenters. The zero-order valence-corrected chi connectivity index (χ0v) is 61.5. The lowest BCUT2D eigenvalue weighted by molar-refractivity contribution is -0.457. The molecule has 105 heavy (non-hydrogen) atoms. The first-order valence-electron chi connectivity index (χ1n) is 35.9. The second kappa shape index (κ2) is 35.6. The van der Waals surface area contributed by atoms with Crippen LogP contribution >= 0.6 is 21.6 Å². The van der Waals surface area contributed by atoms with Crippen molar-refractivity contribution < 1.29 is 87.3 Å². The number of amides is 1. The number of aliphatic hydroxyl groups excluding tert-OH is 1. The summed E-state index contributed by atoms with van der Waals surface area (Å²) in [7, 11) is 8.24. The number of carbonyl (C=O) groups is 1. The fraction of sp³-hybridized carbons (Fsp3) is 0.551. The lowest BCUT2D eigenvalue weighted by Crippen LogP contribution is -2.68. The number of aryl methyl sites for hydroxylation is 2. The van der Waals surface area contributed by atoms with E-state index in [0.717, 1.165) is 104 Å². The van der Waals surface area contributed by atoms with Gasteiger partial charge in [-0.3, -0.25) is 19.1 Å². The number of H-pyrrole nitrogens is 1. The predicted octanol–water partition coefficient (Wildman–Crippen LogP) is 16.0. The molecule has 1 saturated heterocycles. The molecule has 0 spiro atoms. The molecule has 5 aromatic carbocycles. The number of unbranched alkanes of at least 4 members (excludes halogenated alkanes) is 3.